The summed E-state index contributed by atoms with van der Waals surface area (Å²) in [5.74, 6) is -1.60. The van der Waals surface area contributed by atoms with Crippen molar-refractivity contribution >= 4 is 14.1 Å². The molecule has 11 heavy (non-hydrogen) atoms. The highest BCUT2D eigenvalue weighted by atomic mass is 31.2. The van der Waals surface area contributed by atoms with E-state index in [1.807, 2.05) is 0 Å². The van der Waals surface area contributed by atoms with Crippen molar-refractivity contribution in [3.8, 4) is 0 Å². The van der Waals surface area contributed by atoms with E-state index in [-0.39, 0.29) is 0 Å². The minimum absolute atomic E-state index is 0.955. The Bertz CT molecular complexity index is 143. The maximum absolute atomic E-state index is 9.99. The Hall–Kier alpha value is -0.300. The quantitative estimate of drug-likeness (QED) is 0.375. The third kappa shape index (κ3) is 5.02. The number of aliphatic hydroxyl groups is 1. The van der Waals surface area contributed by atoms with Crippen molar-refractivity contribution in [2.24, 2.45) is 0 Å². The minimum Gasteiger partial charge on any atom is -0.673 e. The van der Waals surface area contributed by atoms with Crippen LogP contribution >= 0.6 is 8.09 Å². The molecule has 0 heterocycles. The van der Waals surface area contributed by atoms with Crippen LogP contribution in [0.3, 0.4) is 0 Å². The van der Waals surface area contributed by atoms with Gasteiger partial charge in [0.05, 0.1) is 6.61 Å². The average molecular weight is 183 g/mol. The molecule has 0 aromatic heterocycles. The smallest absolute Gasteiger partial charge is 0.326 e. The van der Waals surface area contributed by atoms with Crippen LogP contribution < -0.4 is 19.8 Å². The SMILES string of the molecule is O=C(O)C(CO)N[P+]([O-])([O-])[O-]. The van der Waals surface area contributed by atoms with Crippen LogP contribution in [0.2, 0.25) is 0 Å². The second kappa shape index (κ2) is 3.91. The first-order chi connectivity index (χ1) is 4.87. The number of nitrogens with one attached hydrogen (secondary N) is 1. The lowest BCUT2D eigenvalue weighted by molar-refractivity contribution is -0.433. The van der Waals surface area contributed by atoms with E-state index in [0.717, 1.165) is 0 Å². The summed E-state index contributed by atoms with van der Waals surface area (Å²) in [4.78, 5) is 39.7. The number of carboxylic acids is 1. The summed E-state index contributed by atoms with van der Waals surface area (Å²) >= 11 is 0. The van der Waals surface area contributed by atoms with E-state index in [9.17, 15) is 19.5 Å². The summed E-state index contributed by atoms with van der Waals surface area (Å²) in [6, 6.07) is -1.75. The monoisotopic (exact) mass is 183 g/mol. The molecule has 1 atom stereocenters. The highest BCUT2D eigenvalue weighted by Gasteiger charge is 2.18. The zero-order chi connectivity index (χ0) is 9.07. The maximum atomic E-state index is 9.99. The summed E-state index contributed by atoms with van der Waals surface area (Å²) in [5.41, 5.74) is 0. The Kier molecular flexibility index (Phi) is 3.81. The molecule has 0 aliphatic heterocycles. The van der Waals surface area contributed by atoms with Gasteiger partial charge < -0.3 is 24.9 Å². The molecule has 0 saturated carbocycles. The van der Waals surface area contributed by atoms with Gasteiger partial charge in [-0.05, 0) is 0 Å². The molecule has 0 rings (SSSR count). The highest BCUT2D eigenvalue weighted by Crippen LogP contribution is 2.21. The van der Waals surface area contributed by atoms with Gasteiger partial charge in [0, 0.05) is 0 Å². The first-order valence-electron chi connectivity index (χ1n) is 2.50. The molecular weight excluding hydrogens is 177 g/mol. The van der Waals surface area contributed by atoms with Gasteiger partial charge >= 0.3 is 5.97 Å². The van der Waals surface area contributed by atoms with Crippen LogP contribution in [0.1, 0.15) is 0 Å². The Labute approximate surface area is 62.6 Å². The van der Waals surface area contributed by atoms with E-state index in [0.29, 0.717) is 0 Å². The Morgan fingerprint density at radius 1 is 1.55 bits per heavy atom. The molecule has 0 aliphatic carbocycles. The van der Waals surface area contributed by atoms with Crippen LogP contribution in [0.5, 0.6) is 0 Å². The number of rotatable bonds is 4. The number of aliphatic carboxylic acids is 1. The predicted molar refractivity (Wildman–Crippen MR) is 28.6 cm³/mol. The normalized spacial score (nSPS) is 14.5. The molecule has 0 spiro atoms. The molecule has 66 valence electrons. The molecule has 0 fully saturated rings. The first-order valence-corrected chi connectivity index (χ1v) is 4.04. The Morgan fingerprint density at radius 3 is 2.09 bits per heavy atom. The fourth-order valence-corrected chi connectivity index (χ4v) is 0.939. The van der Waals surface area contributed by atoms with Crippen LogP contribution in [0.4, 0.5) is 0 Å². The van der Waals surface area contributed by atoms with Crippen molar-refractivity contribution < 1.29 is 29.7 Å². The molecule has 0 amide bonds. The molecule has 0 saturated heterocycles. The van der Waals surface area contributed by atoms with Crippen molar-refractivity contribution in [3.63, 3.8) is 0 Å². The third-order valence-electron chi connectivity index (χ3n) is 0.795. The van der Waals surface area contributed by atoms with Gasteiger partial charge in [0.1, 0.15) is 0 Å². The topological polar surface area (TPSA) is 139 Å². The number of hydrogen-bond acceptors (Lipinski definition) is 6. The standard InChI is InChI=1S/C3H8NO6P/c5-1-2(3(6)7)4-11(8,9)10/h2,5H,1H2,(H,6,7)(H3,4,8,9,10)/p-2. The first kappa shape index (κ1) is 10.7. The second-order valence-corrected chi connectivity index (χ2v) is 2.95. The molecule has 0 aliphatic rings. The molecule has 7 nitrogen and oxygen atoms in total. The fourth-order valence-electron chi connectivity index (χ4n) is 0.365. The summed E-state index contributed by atoms with van der Waals surface area (Å²) in [6.07, 6.45) is 0. The van der Waals surface area contributed by atoms with Gasteiger partial charge in [0.2, 0.25) is 0 Å². The van der Waals surface area contributed by atoms with Crippen molar-refractivity contribution in [3.05, 3.63) is 0 Å². The summed E-state index contributed by atoms with van der Waals surface area (Å²) < 4.78 is 0. The molecule has 3 N–H and O–H groups in total. The van der Waals surface area contributed by atoms with E-state index in [1.165, 1.54) is 5.09 Å². The number of carboxylic acid groups (broad SMARTS) is 1. The second-order valence-electron chi connectivity index (χ2n) is 1.70. The van der Waals surface area contributed by atoms with Crippen molar-refractivity contribution in [2.75, 3.05) is 6.61 Å². The van der Waals surface area contributed by atoms with Gasteiger partial charge in [0.25, 0.3) is 0 Å². The summed E-state index contributed by atoms with van der Waals surface area (Å²) in [7, 11) is -5.08. The van der Waals surface area contributed by atoms with Crippen LogP contribution in [0.25, 0.3) is 0 Å². The lowest BCUT2D eigenvalue weighted by atomic mass is 10.3. The number of aliphatic hydroxyl groups excluding tert-OH is 1. The van der Waals surface area contributed by atoms with Crippen molar-refractivity contribution in [1.82, 2.24) is 5.09 Å². The zero-order valence-electron chi connectivity index (χ0n) is 5.26. The lowest BCUT2D eigenvalue weighted by Gasteiger charge is -2.42. The van der Waals surface area contributed by atoms with Crippen molar-refractivity contribution in [1.29, 1.82) is 0 Å². The van der Waals surface area contributed by atoms with Crippen LogP contribution in [-0.2, 0) is 4.79 Å². The van der Waals surface area contributed by atoms with E-state index >= 15 is 0 Å². The van der Waals surface area contributed by atoms with Gasteiger partial charge in [0.15, 0.2) is 6.04 Å². The molecule has 0 aromatic rings. The van der Waals surface area contributed by atoms with E-state index < -0.39 is 26.7 Å². The van der Waals surface area contributed by atoms with Gasteiger partial charge in [-0.2, -0.15) is 5.09 Å². The number of hydrogen-bond donors (Lipinski definition) is 3. The van der Waals surface area contributed by atoms with Gasteiger partial charge in [-0.25, -0.2) is 0 Å². The van der Waals surface area contributed by atoms with Gasteiger partial charge in [-0.1, -0.05) is 8.09 Å². The minimum atomic E-state index is -5.08. The average Bonchev–Trinajstić information content (AvgIpc) is 1.80. The molecule has 0 radical (unpaired) electrons. The van der Waals surface area contributed by atoms with E-state index in [4.69, 9.17) is 10.2 Å². The fraction of sp³-hybridized carbons (Fsp3) is 0.667. The molecule has 1 unspecified atom stereocenters. The zero-order valence-corrected chi connectivity index (χ0v) is 6.15. The highest BCUT2D eigenvalue weighted by molar-refractivity contribution is 7.52. The van der Waals surface area contributed by atoms with Gasteiger partial charge in [-0.15, -0.1) is 0 Å². The Balaban J connectivity index is 3.99. The molecule has 0 aromatic carbocycles. The molecule has 0 bridgehead atoms. The lowest BCUT2D eigenvalue weighted by Crippen LogP contribution is -2.51. The van der Waals surface area contributed by atoms with E-state index in [2.05, 4.69) is 0 Å². The van der Waals surface area contributed by atoms with Crippen LogP contribution in [0.15, 0.2) is 0 Å². The number of carbonyl (C=O) groups is 1. The Morgan fingerprint density at radius 2 is 2.00 bits per heavy atom. The summed E-state index contributed by atoms with van der Waals surface area (Å²) in [6.45, 7) is -0.955. The maximum Gasteiger partial charge on any atom is 0.326 e. The molecule has 8 heteroatoms. The van der Waals surface area contributed by atoms with Crippen LogP contribution in [0, 0.1) is 0 Å². The van der Waals surface area contributed by atoms with Crippen LogP contribution in [-0.4, -0.2) is 28.8 Å². The van der Waals surface area contributed by atoms with Crippen molar-refractivity contribution in [2.45, 2.75) is 6.04 Å². The summed E-state index contributed by atoms with van der Waals surface area (Å²) in [5, 5.41) is 17.5. The van der Waals surface area contributed by atoms with Gasteiger partial charge in [-0.3, -0.25) is 4.79 Å². The predicted octanol–water partition coefficient (Wildman–Crippen LogP) is -4.22. The largest absolute Gasteiger partial charge is 0.673 e. The molecular formula is C3H6NO6P-2. The van der Waals surface area contributed by atoms with E-state index in [1.54, 1.807) is 0 Å². The third-order valence-corrected chi connectivity index (χ3v) is 1.42.